The van der Waals surface area contributed by atoms with Crippen LogP contribution in [0.2, 0.25) is 0 Å². The van der Waals surface area contributed by atoms with Crippen molar-refractivity contribution in [1.82, 2.24) is 34.8 Å². The zero-order valence-corrected chi connectivity index (χ0v) is 14.4. The van der Waals surface area contributed by atoms with E-state index >= 15 is 0 Å². The fourth-order valence-corrected chi connectivity index (χ4v) is 2.88. The van der Waals surface area contributed by atoms with Gasteiger partial charge in [-0.15, -0.1) is 0 Å². The van der Waals surface area contributed by atoms with Crippen LogP contribution in [0, 0.1) is 6.92 Å². The zero-order chi connectivity index (χ0) is 18.1. The van der Waals surface area contributed by atoms with Crippen molar-refractivity contribution in [1.29, 1.82) is 0 Å². The lowest BCUT2D eigenvalue weighted by Gasteiger charge is -2.09. The van der Waals surface area contributed by atoms with Crippen molar-refractivity contribution in [2.24, 2.45) is 7.05 Å². The summed E-state index contributed by atoms with van der Waals surface area (Å²) in [5.74, 6) is 0.493. The molecule has 0 saturated carbocycles. The van der Waals surface area contributed by atoms with Crippen LogP contribution in [0.5, 0.6) is 0 Å². The fourth-order valence-electron chi connectivity index (χ4n) is 2.88. The average molecular weight is 347 g/mol. The zero-order valence-electron chi connectivity index (χ0n) is 14.4. The molecule has 0 saturated heterocycles. The van der Waals surface area contributed by atoms with Crippen molar-refractivity contribution < 1.29 is 4.79 Å². The third-order valence-corrected chi connectivity index (χ3v) is 4.15. The largest absolute Gasteiger partial charge is 0.348 e. The summed E-state index contributed by atoms with van der Waals surface area (Å²) in [6, 6.07) is 7.39. The molecule has 0 fully saturated rings. The highest BCUT2D eigenvalue weighted by Crippen LogP contribution is 2.17. The van der Waals surface area contributed by atoms with E-state index in [0.29, 0.717) is 17.9 Å². The third-order valence-electron chi connectivity index (χ3n) is 4.15. The predicted octanol–water partition coefficient (Wildman–Crippen LogP) is 1.79. The van der Waals surface area contributed by atoms with E-state index in [1.165, 1.54) is 0 Å². The van der Waals surface area contributed by atoms with E-state index in [1.54, 1.807) is 28.0 Å². The number of pyridine rings is 2. The van der Waals surface area contributed by atoms with Gasteiger partial charge in [0.15, 0.2) is 11.5 Å². The van der Waals surface area contributed by atoms with Crippen LogP contribution < -0.4 is 5.32 Å². The van der Waals surface area contributed by atoms with Crippen molar-refractivity contribution in [3.8, 4) is 5.82 Å². The minimum atomic E-state index is -0.196. The molecule has 0 radical (unpaired) electrons. The molecule has 4 rings (SSSR count). The third kappa shape index (κ3) is 2.81. The summed E-state index contributed by atoms with van der Waals surface area (Å²) < 4.78 is 3.38. The molecule has 4 aromatic heterocycles. The minimum Gasteiger partial charge on any atom is -0.348 e. The van der Waals surface area contributed by atoms with Crippen LogP contribution in [0.15, 0.2) is 49.1 Å². The molecule has 8 nitrogen and oxygen atoms in total. The molecule has 4 aromatic rings. The number of carbonyl (C=O) groups excluding carboxylic acids is 1. The number of nitrogens with zero attached hydrogens (tertiary/aromatic N) is 6. The van der Waals surface area contributed by atoms with Crippen LogP contribution in [0.4, 0.5) is 0 Å². The van der Waals surface area contributed by atoms with Gasteiger partial charge in [-0.1, -0.05) is 6.07 Å². The lowest BCUT2D eigenvalue weighted by Crippen LogP contribution is -2.24. The van der Waals surface area contributed by atoms with E-state index in [2.05, 4.69) is 25.5 Å². The van der Waals surface area contributed by atoms with Crippen molar-refractivity contribution in [3.05, 3.63) is 65.9 Å². The highest BCUT2D eigenvalue weighted by molar-refractivity contribution is 5.97. The Morgan fingerprint density at radius 2 is 2.12 bits per heavy atom. The second kappa shape index (κ2) is 6.40. The van der Waals surface area contributed by atoms with Crippen LogP contribution in [0.1, 0.15) is 21.6 Å². The van der Waals surface area contributed by atoms with Crippen molar-refractivity contribution in [3.63, 3.8) is 0 Å². The fraction of sp³-hybridized carbons (Fsp3) is 0.167. The van der Waals surface area contributed by atoms with Crippen molar-refractivity contribution in [2.75, 3.05) is 0 Å². The first kappa shape index (κ1) is 15.9. The number of amides is 1. The van der Waals surface area contributed by atoms with Gasteiger partial charge in [-0.25, -0.2) is 14.6 Å². The van der Waals surface area contributed by atoms with Crippen LogP contribution in [0.3, 0.4) is 0 Å². The summed E-state index contributed by atoms with van der Waals surface area (Å²) in [6.45, 7) is 2.24. The molecule has 26 heavy (non-hydrogen) atoms. The Labute approximate surface area is 149 Å². The monoisotopic (exact) mass is 347 g/mol. The number of carbonyl (C=O) groups is 1. The summed E-state index contributed by atoms with van der Waals surface area (Å²) in [6.07, 6.45) is 6.77. The number of hydrogen-bond donors (Lipinski definition) is 1. The van der Waals surface area contributed by atoms with Gasteiger partial charge in [0.25, 0.3) is 5.91 Å². The topological polar surface area (TPSA) is 90.5 Å². The van der Waals surface area contributed by atoms with Crippen LogP contribution in [-0.2, 0) is 13.6 Å². The van der Waals surface area contributed by atoms with Gasteiger partial charge in [-0.3, -0.25) is 9.48 Å². The van der Waals surface area contributed by atoms with E-state index in [4.69, 9.17) is 0 Å². The molecular formula is C18H17N7O. The number of rotatable bonds is 4. The summed E-state index contributed by atoms with van der Waals surface area (Å²) in [4.78, 5) is 21.3. The van der Waals surface area contributed by atoms with E-state index in [1.807, 2.05) is 44.4 Å². The normalized spacial score (nSPS) is 11.0. The molecule has 0 aliphatic heterocycles. The van der Waals surface area contributed by atoms with Gasteiger partial charge < -0.3 is 5.32 Å². The van der Waals surface area contributed by atoms with Crippen LogP contribution in [0.25, 0.3) is 16.9 Å². The SMILES string of the molecule is Cc1nn(C)c2ncc(C(=O)NCc3cccnc3-n3cccn3)cc12. The van der Waals surface area contributed by atoms with Gasteiger partial charge in [0.05, 0.1) is 11.3 Å². The predicted molar refractivity (Wildman–Crippen MR) is 95.8 cm³/mol. The first-order valence-electron chi connectivity index (χ1n) is 8.15. The molecule has 8 heteroatoms. The number of aryl methyl sites for hydroxylation is 2. The minimum absolute atomic E-state index is 0.196. The molecule has 0 aromatic carbocycles. The van der Waals surface area contributed by atoms with Gasteiger partial charge in [0, 0.05) is 49.3 Å². The van der Waals surface area contributed by atoms with Gasteiger partial charge in [0.2, 0.25) is 0 Å². The number of aromatic nitrogens is 6. The molecule has 0 aliphatic rings. The van der Waals surface area contributed by atoms with Crippen molar-refractivity contribution >= 4 is 16.9 Å². The van der Waals surface area contributed by atoms with Crippen molar-refractivity contribution in [2.45, 2.75) is 13.5 Å². The number of hydrogen-bond acceptors (Lipinski definition) is 5. The average Bonchev–Trinajstić information content (AvgIpc) is 3.29. The molecule has 1 amide bonds. The quantitative estimate of drug-likeness (QED) is 0.608. The maximum Gasteiger partial charge on any atom is 0.253 e. The summed E-state index contributed by atoms with van der Waals surface area (Å²) in [5, 5.41) is 12.3. The van der Waals surface area contributed by atoms with Crippen LogP contribution >= 0.6 is 0 Å². The lowest BCUT2D eigenvalue weighted by atomic mass is 10.2. The molecule has 1 N–H and O–H groups in total. The lowest BCUT2D eigenvalue weighted by molar-refractivity contribution is 0.0950. The molecule has 130 valence electrons. The smallest absolute Gasteiger partial charge is 0.253 e. The molecule has 0 bridgehead atoms. The van der Waals surface area contributed by atoms with E-state index in [0.717, 1.165) is 22.3 Å². The van der Waals surface area contributed by atoms with Gasteiger partial charge in [0.1, 0.15) is 0 Å². The highest BCUT2D eigenvalue weighted by Gasteiger charge is 2.13. The Hall–Kier alpha value is -3.55. The Bertz CT molecular complexity index is 1080. The second-order valence-electron chi connectivity index (χ2n) is 5.92. The molecule has 4 heterocycles. The Morgan fingerprint density at radius 1 is 1.23 bits per heavy atom. The molecule has 0 unspecified atom stereocenters. The van der Waals surface area contributed by atoms with E-state index in [-0.39, 0.29) is 5.91 Å². The number of nitrogens with one attached hydrogen (secondary N) is 1. The summed E-state index contributed by atoms with van der Waals surface area (Å²) >= 11 is 0. The number of fused-ring (bicyclic) bond motifs is 1. The molecule has 0 spiro atoms. The van der Waals surface area contributed by atoms with E-state index < -0.39 is 0 Å². The standard InChI is InChI=1S/C18H17N7O/c1-12-15-9-14(11-20-17(15)24(2)23-12)18(26)21-10-13-5-3-6-19-16(13)25-8-4-7-22-25/h3-9,11H,10H2,1-2H3,(H,21,26). The second-order valence-corrected chi connectivity index (χ2v) is 5.92. The first-order valence-corrected chi connectivity index (χ1v) is 8.15. The summed E-state index contributed by atoms with van der Waals surface area (Å²) in [7, 11) is 1.83. The summed E-state index contributed by atoms with van der Waals surface area (Å²) in [5.41, 5.74) is 2.97. The Morgan fingerprint density at radius 3 is 2.92 bits per heavy atom. The Kier molecular flexibility index (Phi) is 3.92. The first-order chi connectivity index (χ1) is 12.6. The van der Waals surface area contributed by atoms with Gasteiger partial charge in [-0.2, -0.15) is 10.2 Å². The maximum atomic E-state index is 12.6. The highest BCUT2D eigenvalue weighted by atomic mass is 16.1. The Balaban J connectivity index is 1.56. The molecule has 0 atom stereocenters. The van der Waals surface area contributed by atoms with Gasteiger partial charge in [-0.05, 0) is 25.1 Å². The van der Waals surface area contributed by atoms with Crippen LogP contribution in [-0.4, -0.2) is 35.4 Å². The van der Waals surface area contributed by atoms with E-state index in [9.17, 15) is 4.79 Å². The molecular weight excluding hydrogens is 330 g/mol. The maximum absolute atomic E-state index is 12.6. The molecule has 0 aliphatic carbocycles. The van der Waals surface area contributed by atoms with Gasteiger partial charge >= 0.3 is 0 Å².